The lowest BCUT2D eigenvalue weighted by molar-refractivity contribution is 0.586. The number of H-pyrrole nitrogens is 2. The summed E-state index contributed by atoms with van der Waals surface area (Å²) in [5.41, 5.74) is -0.196. The molecule has 1 aromatic heterocycles. The Labute approximate surface area is 99.5 Å². The van der Waals surface area contributed by atoms with Crippen molar-refractivity contribution in [2.75, 3.05) is 0 Å². The molecule has 0 bridgehead atoms. The first-order valence-corrected chi connectivity index (χ1v) is 5.70. The Hall–Kier alpha value is -1.63. The van der Waals surface area contributed by atoms with Crippen LogP contribution in [0.5, 0.6) is 0 Å². The fourth-order valence-electron chi connectivity index (χ4n) is 1.37. The first-order valence-electron chi connectivity index (χ1n) is 4.82. The minimum Gasteiger partial charge on any atom is -0.284 e. The lowest BCUT2D eigenvalue weighted by Crippen LogP contribution is -2.00. The molecular weight excluding hydrogens is 248 g/mol. The minimum atomic E-state index is -0.496. The Balaban J connectivity index is 2.22. The van der Waals surface area contributed by atoms with Gasteiger partial charge < -0.3 is 0 Å². The summed E-state index contributed by atoms with van der Waals surface area (Å²) in [7, 11) is 0. The normalized spacial score (nSPS) is 12.6. The quantitative estimate of drug-likeness (QED) is 0.829. The van der Waals surface area contributed by atoms with Gasteiger partial charge in [-0.2, -0.15) is 0 Å². The number of aromatic amines is 2. The highest BCUT2D eigenvalue weighted by atomic mass is 32.2. The average molecular weight is 257 g/mol. The molecule has 17 heavy (non-hydrogen) atoms. The van der Waals surface area contributed by atoms with E-state index in [4.69, 9.17) is 0 Å². The maximum Gasteiger partial charge on any atom is 0.341 e. The van der Waals surface area contributed by atoms with Crippen molar-refractivity contribution in [3.8, 4) is 0 Å². The van der Waals surface area contributed by atoms with Crippen LogP contribution in [0, 0.1) is 11.6 Å². The van der Waals surface area contributed by atoms with Gasteiger partial charge in [-0.15, -0.1) is 5.10 Å². The number of halogens is 2. The Kier molecular flexibility index (Phi) is 3.28. The van der Waals surface area contributed by atoms with Gasteiger partial charge in [0.25, 0.3) is 0 Å². The molecule has 0 spiro atoms. The molecule has 1 aromatic carbocycles. The number of rotatable bonds is 3. The summed E-state index contributed by atoms with van der Waals surface area (Å²) in [5.74, 6) is -0.978. The second kappa shape index (κ2) is 4.70. The van der Waals surface area contributed by atoms with Gasteiger partial charge in [-0.05, 0) is 25.1 Å². The predicted molar refractivity (Wildman–Crippen MR) is 59.8 cm³/mol. The van der Waals surface area contributed by atoms with Crippen LogP contribution in [-0.4, -0.2) is 15.2 Å². The van der Waals surface area contributed by atoms with Crippen LogP contribution in [0.3, 0.4) is 0 Å². The standard InChI is InChI=1S/C10H9F2N3OS/c1-5(17-10-13-9(16)14-15-10)7-4-6(11)2-3-8(7)12/h2-5H,1H3,(H2,13,14,15,16)/t5-/m1/s1. The fraction of sp³-hybridized carbons (Fsp3) is 0.200. The lowest BCUT2D eigenvalue weighted by Gasteiger charge is -2.10. The lowest BCUT2D eigenvalue weighted by atomic mass is 10.1. The first kappa shape index (κ1) is 11.8. The van der Waals surface area contributed by atoms with Crippen LogP contribution in [-0.2, 0) is 0 Å². The molecule has 0 fully saturated rings. The molecule has 0 unspecified atom stereocenters. The number of nitrogens with one attached hydrogen (secondary N) is 2. The van der Waals surface area contributed by atoms with Crippen molar-refractivity contribution in [3.63, 3.8) is 0 Å². The molecule has 2 rings (SSSR count). The smallest absolute Gasteiger partial charge is 0.284 e. The Morgan fingerprint density at radius 3 is 2.82 bits per heavy atom. The van der Waals surface area contributed by atoms with Crippen molar-refractivity contribution in [2.24, 2.45) is 0 Å². The molecule has 2 aromatic rings. The molecule has 0 saturated heterocycles. The van der Waals surface area contributed by atoms with E-state index in [-0.39, 0.29) is 10.8 Å². The van der Waals surface area contributed by atoms with Crippen LogP contribution < -0.4 is 5.69 Å². The van der Waals surface area contributed by atoms with Crippen molar-refractivity contribution in [1.29, 1.82) is 0 Å². The summed E-state index contributed by atoms with van der Waals surface area (Å²) < 4.78 is 26.4. The second-order valence-corrected chi connectivity index (χ2v) is 4.74. The number of hydrogen-bond acceptors (Lipinski definition) is 3. The van der Waals surface area contributed by atoms with Gasteiger partial charge in [-0.25, -0.2) is 18.7 Å². The highest BCUT2D eigenvalue weighted by molar-refractivity contribution is 7.99. The molecular formula is C10H9F2N3OS. The van der Waals surface area contributed by atoms with Crippen LogP contribution in [0.1, 0.15) is 17.7 Å². The van der Waals surface area contributed by atoms with Gasteiger partial charge in [-0.1, -0.05) is 11.8 Å². The number of hydrogen-bond donors (Lipinski definition) is 2. The monoisotopic (exact) mass is 257 g/mol. The zero-order valence-electron chi connectivity index (χ0n) is 8.83. The van der Waals surface area contributed by atoms with Crippen LogP contribution in [0.4, 0.5) is 8.78 Å². The van der Waals surface area contributed by atoms with Crippen molar-refractivity contribution >= 4 is 11.8 Å². The molecule has 4 nitrogen and oxygen atoms in total. The number of aromatic nitrogens is 3. The summed E-state index contributed by atoms with van der Waals surface area (Å²) in [6.07, 6.45) is 0. The van der Waals surface area contributed by atoms with Gasteiger partial charge in [0.2, 0.25) is 0 Å². The third-order valence-corrected chi connectivity index (χ3v) is 3.19. The highest BCUT2D eigenvalue weighted by Gasteiger charge is 2.15. The largest absolute Gasteiger partial charge is 0.341 e. The van der Waals surface area contributed by atoms with Gasteiger partial charge in [0.1, 0.15) is 11.6 Å². The van der Waals surface area contributed by atoms with E-state index in [0.717, 1.165) is 30.0 Å². The van der Waals surface area contributed by atoms with Crippen LogP contribution in [0.15, 0.2) is 28.2 Å². The molecule has 0 aliphatic rings. The Morgan fingerprint density at radius 2 is 2.18 bits per heavy atom. The van der Waals surface area contributed by atoms with E-state index in [1.165, 1.54) is 0 Å². The zero-order chi connectivity index (χ0) is 12.4. The molecule has 0 saturated carbocycles. The van der Waals surface area contributed by atoms with Gasteiger partial charge in [0, 0.05) is 10.8 Å². The summed E-state index contributed by atoms with van der Waals surface area (Å²) >= 11 is 1.14. The summed E-state index contributed by atoms with van der Waals surface area (Å²) in [5, 5.41) is 5.87. The van der Waals surface area contributed by atoms with Gasteiger partial charge in [0.15, 0.2) is 5.16 Å². The van der Waals surface area contributed by atoms with Crippen LogP contribution in [0.2, 0.25) is 0 Å². The van der Waals surface area contributed by atoms with E-state index in [9.17, 15) is 13.6 Å². The molecule has 1 atom stereocenters. The van der Waals surface area contributed by atoms with Crippen molar-refractivity contribution < 1.29 is 8.78 Å². The molecule has 2 N–H and O–H groups in total. The number of nitrogens with zero attached hydrogens (tertiary/aromatic N) is 1. The maximum absolute atomic E-state index is 13.4. The first-order chi connectivity index (χ1) is 8.06. The van der Waals surface area contributed by atoms with E-state index >= 15 is 0 Å². The topological polar surface area (TPSA) is 61.5 Å². The van der Waals surface area contributed by atoms with E-state index in [1.54, 1.807) is 6.92 Å². The molecule has 90 valence electrons. The molecule has 0 aliphatic heterocycles. The van der Waals surface area contributed by atoms with Crippen molar-refractivity contribution in [2.45, 2.75) is 17.3 Å². The molecule has 0 radical (unpaired) electrons. The van der Waals surface area contributed by atoms with E-state index < -0.39 is 17.3 Å². The summed E-state index contributed by atoms with van der Waals surface area (Å²) in [6, 6.07) is 3.28. The third-order valence-electron chi connectivity index (χ3n) is 2.16. The van der Waals surface area contributed by atoms with Crippen molar-refractivity contribution in [3.05, 3.63) is 45.9 Å². The molecule has 7 heteroatoms. The molecule has 0 aliphatic carbocycles. The number of thioether (sulfide) groups is 1. The summed E-state index contributed by atoms with van der Waals surface area (Å²) in [6.45, 7) is 1.70. The molecule has 1 heterocycles. The van der Waals surface area contributed by atoms with Crippen LogP contribution in [0.25, 0.3) is 0 Å². The van der Waals surface area contributed by atoms with Crippen molar-refractivity contribution in [1.82, 2.24) is 15.2 Å². The third kappa shape index (κ3) is 2.73. The Bertz CT molecular complexity index is 581. The maximum atomic E-state index is 13.4. The van der Waals surface area contributed by atoms with Gasteiger partial charge >= 0.3 is 5.69 Å². The SMILES string of the molecule is C[C@@H](Sc1n[nH]c(=O)[nH]1)c1cc(F)ccc1F. The fourth-order valence-corrected chi connectivity index (χ4v) is 2.26. The van der Waals surface area contributed by atoms with Gasteiger partial charge in [0.05, 0.1) is 0 Å². The number of benzene rings is 1. The highest BCUT2D eigenvalue weighted by Crippen LogP contribution is 2.33. The Morgan fingerprint density at radius 1 is 1.41 bits per heavy atom. The molecule has 0 amide bonds. The zero-order valence-corrected chi connectivity index (χ0v) is 9.65. The van der Waals surface area contributed by atoms with E-state index in [0.29, 0.717) is 5.16 Å². The van der Waals surface area contributed by atoms with Crippen LogP contribution >= 0.6 is 11.8 Å². The van der Waals surface area contributed by atoms with E-state index in [1.807, 2.05) is 0 Å². The predicted octanol–water partition coefficient (Wildman–Crippen LogP) is 2.23. The minimum absolute atomic E-state index is 0.235. The van der Waals surface area contributed by atoms with Gasteiger partial charge in [-0.3, -0.25) is 4.98 Å². The second-order valence-electron chi connectivity index (χ2n) is 3.41. The summed E-state index contributed by atoms with van der Waals surface area (Å²) in [4.78, 5) is 13.2. The van der Waals surface area contributed by atoms with E-state index in [2.05, 4.69) is 15.2 Å². The average Bonchev–Trinajstić information content (AvgIpc) is 2.67.